The highest BCUT2D eigenvalue weighted by atomic mass is 32.2. The van der Waals surface area contributed by atoms with Crippen LogP contribution in [-0.2, 0) is 22.9 Å². The number of hydrogen-bond donors (Lipinski definition) is 2. The maximum absolute atomic E-state index is 12.9. The van der Waals surface area contributed by atoms with Gasteiger partial charge >= 0.3 is 0 Å². The van der Waals surface area contributed by atoms with E-state index in [4.69, 9.17) is 6.42 Å². The lowest BCUT2D eigenvalue weighted by molar-refractivity contribution is 0.102. The molecule has 0 saturated heterocycles. The second-order valence-electron chi connectivity index (χ2n) is 6.88. The molecule has 0 saturated carbocycles. The van der Waals surface area contributed by atoms with Gasteiger partial charge in [0, 0.05) is 11.1 Å². The SMILES string of the molecule is C#CCNS(=O)(=O)c1ccc(C(=O)Nc2c3c(nn2-c2ccccc2)CCC3)cc1. The van der Waals surface area contributed by atoms with Crippen molar-refractivity contribution in [1.82, 2.24) is 14.5 Å². The molecule has 2 aromatic carbocycles. The van der Waals surface area contributed by atoms with Gasteiger partial charge in [-0.1, -0.05) is 24.1 Å². The Morgan fingerprint density at radius 3 is 2.53 bits per heavy atom. The van der Waals surface area contributed by atoms with Gasteiger partial charge in [0.1, 0.15) is 5.82 Å². The van der Waals surface area contributed by atoms with Crippen LogP contribution in [0.4, 0.5) is 5.82 Å². The number of fused-ring (bicyclic) bond motifs is 1. The molecule has 0 spiro atoms. The molecule has 4 rings (SSSR count). The normalized spacial score (nSPS) is 12.9. The Kier molecular flexibility index (Phi) is 5.40. The van der Waals surface area contributed by atoms with Crippen LogP contribution in [0.2, 0.25) is 0 Å². The fourth-order valence-corrected chi connectivity index (χ4v) is 4.40. The number of hydrogen-bond acceptors (Lipinski definition) is 4. The largest absolute Gasteiger partial charge is 0.306 e. The number of nitrogens with zero attached hydrogens (tertiary/aromatic N) is 2. The third-order valence-corrected chi connectivity index (χ3v) is 6.35. The second kappa shape index (κ2) is 8.14. The van der Waals surface area contributed by atoms with Crippen LogP contribution in [0.25, 0.3) is 5.69 Å². The maximum Gasteiger partial charge on any atom is 0.256 e. The molecule has 1 aromatic heterocycles. The van der Waals surface area contributed by atoms with E-state index in [9.17, 15) is 13.2 Å². The van der Waals surface area contributed by atoms with Gasteiger partial charge in [-0.15, -0.1) is 6.42 Å². The Hall–Kier alpha value is -3.41. The van der Waals surface area contributed by atoms with Crippen molar-refractivity contribution in [2.75, 3.05) is 11.9 Å². The van der Waals surface area contributed by atoms with Gasteiger partial charge in [-0.3, -0.25) is 4.79 Å². The number of carbonyl (C=O) groups excluding carboxylic acids is 1. The third kappa shape index (κ3) is 3.85. The Labute approximate surface area is 175 Å². The van der Waals surface area contributed by atoms with Crippen molar-refractivity contribution >= 4 is 21.7 Å². The quantitative estimate of drug-likeness (QED) is 0.600. The summed E-state index contributed by atoms with van der Waals surface area (Å²) in [4.78, 5) is 12.9. The average molecular weight is 420 g/mol. The summed E-state index contributed by atoms with van der Waals surface area (Å²) in [6, 6.07) is 15.3. The van der Waals surface area contributed by atoms with Crippen molar-refractivity contribution in [1.29, 1.82) is 0 Å². The number of para-hydroxylation sites is 1. The fourth-order valence-electron chi connectivity index (χ4n) is 3.46. The smallest absolute Gasteiger partial charge is 0.256 e. The number of anilines is 1. The van der Waals surface area contributed by atoms with Crippen LogP contribution in [0.15, 0.2) is 59.5 Å². The van der Waals surface area contributed by atoms with Gasteiger partial charge in [0.2, 0.25) is 10.0 Å². The van der Waals surface area contributed by atoms with Crippen molar-refractivity contribution in [3.05, 3.63) is 71.4 Å². The van der Waals surface area contributed by atoms with Crippen LogP contribution in [0.3, 0.4) is 0 Å². The van der Waals surface area contributed by atoms with Crippen molar-refractivity contribution < 1.29 is 13.2 Å². The summed E-state index contributed by atoms with van der Waals surface area (Å²) in [5, 5.41) is 7.65. The van der Waals surface area contributed by atoms with Gasteiger partial charge in [0.15, 0.2) is 0 Å². The van der Waals surface area contributed by atoms with E-state index in [1.807, 2.05) is 30.3 Å². The molecule has 8 heteroatoms. The molecular weight excluding hydrogens is 400 g/mol. The molecule has 30 heavy (non-hydrogen) atoms. The summed E-state index contributed by atoms with van der Waals surface area (Å²) in [5.41, 5.74) is 3.25. The number of aryl methyl sites for hydroxylation is 1. The lowest BCUT2D eigenvalue weighted by atomic mass is 10.2. The van der Waals surface area contributed by atoms with Gasteiger partial charge in [-0.25, -0.2) is 13.1 Å². The number of carbonyl (C=O) groups is 1. The number of terminal acetylenes is 1. The minimum Gasteiger partial charge on any atom is -0.306 e. The monoisotopic (exact) mass is 420 g/mol. The molecule has 1 amide bonds. The molecule has 3 aromatic rings. The van der Waals surface area contributed by atoms with Crippen molar-refractivity contribution in [3.63, 3.8) is 0 Å². The highest BCUT2D eigenvalue weighted by Crippen LogP contribution is 2.31. The Morgan fingerprint density at radius 2 is 1.83 bits per heavy atom. The summed E-state index contributed by atoms with van der Waals surface area (Å²) in [6.45, 7) is -0.0981. The van der Waals surface area contributed by atoms with E-state index >= 15 is 0 Å². The summed E-state index contributed by atoms with van der Waals surface area (Å²) in [7, 11) is -3.70. The number of sulfonamides is 1. The second-order valence-corrected chi connectivity index (χ2v) is 8.65. The van der Waals surface area contributed by atoms with Crippen LogP contribution in [0, 0.1) is 12.3 Å². The van der Waals surface area contributed by atoms with Crippen LogP contribution >= 0.6 is 0 Å². The van der Waals surface area contributed by atoms with E-state index in [0.29, 0.717) is 11.4 Å². The van der Waals surface area contributed by atoms with E-state index in [-0.39, 0.29) is 17.3 Å². The number of benzene rings is 2. The molecule has 0 atom stereocenters. The summed E-state index contributed by atoms with van der Waals surface area (Å²) in [6.07, 6.45) is 7.85. The average Bonchev–Trinajstić information content (AvgIpc) is 3.35. The summed E-state index contributed by atoms with van der Waals surface area (Å²) >= 11 is 0. The summed E-state index contributed by atoms with van der Waals surface area (Å²) < 4.78 is 28.3. The van der Waals surface area contributed by atoms with Crippen LogP contribution < -0.4 is 10.0 Å². The number of amides is 1. The number of nitrogens with one attached hydrogen (secondary N) is 2. The van der Waals surface area contributed by atoms with E-state index in [0.717, 1.165) is 36.2 Å². The Morgan fingerprint density at radius 1 is 1.10 bits per heavy atom. The molecule has 0 fully saturated rings. The Balaban J connectivity index is 1.60. The van der Waals surface area contributed by atoms with Crippen molar-refractivity contribution in [2.45, 2.75) is 24.2 Å². The van der Waals surface area contributed by atoms with Crippen LogP contribution in [-0.4, -0.2) is 30.7 Å². The number of aromatic nitrogens is 2. The Bertz CT molecular complexity index is 1220. The molecular formula is C22H20N4O3S. The molecule has 1 heterocycles. The zero-order chi connectivity index (χ0) is 21.1. The highest BCUT2D eigenvalue weighted by molar-refractivity contribution is 7.89. The molecule has 152 valence electrons. The zero-order valence-electron chi connectivity index (χ0n) is 16.1. The molecule has 1 aliphatic carbocycles. The van der Waals surface area contributed by atoms with Gasteiger partial charge in [0.25, 0.3) is 5.91 Å². The topological polar surface area (TPSA) is 93.1 Å². The van der Waals surface area contributed by atoms with Crippen LogP contribution in [0.1, 0.15) is 28.0 Å². The van der Waals surface area contributed by atoms with Gasteiger partial charge in [-0.2, -0.15) is 9.82 Å². The highest BCUT2D eigenvalue weighted by Gasteiger charge is 2.24. The first-order valence-corrected chi connectivity index (χ1v) is 11.0. The molecule has 0 radical (unpaired) electrons. The van der Waals surface area contributed by atoms with Crippen molar-refractivity contribution in [3.8, 4) is 18.0 Å². The molecule has 0 aliphatic heterocycles. The molecule has 0 bridgehead atoms. The van der Waals surface area contributed by atoms with E-state index < -0.39 is 10.0 Å². The molecule has 7 nitrogen and oxygen atoms in total. The minimum absolute atomic E-state index is 0.0459. The zero-order valence-corrected chi connectivity index (χ0v) is 16.9. The van der Waals surface area contributed by atoms with E-state index in [2.05, 4.69) is 21.1 Å². The van der Waals surface area contributed by atoms with E-state index in [1.54, 1.807) is 4.68 Å². The first kappa shape index (κ1) is 19.9. The first-order valence-electron chi connectivity index (χ1n) is 9.50. The van der Waals surface area contributed by atoms with Crippen molar-refractivity contribution in [2.24, 2.45) is 0 Å². The molecule has 0 unspecified atom stereocenters. The van der Waals surface area contributed by atoms with Crippen LogP contribution in [0.5, 0.6) is 0 Å². The minimum atomic E-state index is -3.70. The van der Waals surface area contributed by atoms with E-state index in [1.165, 1.54) is 24.3 Å². The predicted octanol–water partition coefficient (Wildman–Crippen LogP) is 2.52. The summed E-state index contributed by atoms with van der Waals surface area (Å²) in [5.74, 6) is 2.55. The standard InChI is InChI=1S/C22H20N4O3S/c1-2-15-23-30(28,29)18-13-11-16(12-14-18)22(27)24-21-19-9-6-10-20(19)25-26(21)17-7-4-3-5-8-17/h1,3-5,7-8,11-14,23H,6,9-10,15H2,(H,24,27). The first-order chi connectivity index (χ1) is 14.5. The lowest BCUT2D eigenvalue weighted by Crippen LogP contribution is -2.24. The molecule has 1 aliphatic rings. The van der Waals surface area contributed by atoms with Gasteiger partial charge < -0.3 is 5.32 Å². The number of rotatable bonds is 6. The maximum atomic E-state index is 12.9. The van der Waals surface area contributed by atoms with Gasteiger partial charge in [-0.05, 0) is 55.7 Å². The third-order valence-electron chi connectivity index (χ3n) is 4.93. The van der Waals surface area contributed by atoms with Gasteiger partial charge in [0.05, 0.1) is 22.8 Å². The fraction of sp³-hybridized carbons (Fsp3) is 0.182. The molecule has 2 N–H and O–H groups in total. The predicted molar refractivity (Wildman–Crippen MR) is 114 cm³/mol. The lowest BCUT2D eigenvalue weighted by Gasteiger charge is -2.11.